The minimum Gasteiger partial charge on any atom is -0.479 e. The quantitative estimate of drug-likeness (QED) is 0.507. The lowest BCUT2D eigenvalue weighted by Gasteiger charge is -2.33. The molecule has 4 aromatic rings. The highest BCUT2D eigenvalue weighted by atomic mass is 16.5. The summed E-state index contributed by atoms with van der Waals surface area (Å²) in [4.78, 5) is 11.2. The molecule has 144 valence electrons. The summed E-state index contributed by atoms with van der Waals surface area (Å²) in [6.07, 6.45) is 3.37. The van der Waals surface area contributed by atoms with E-state index in [4.69, 9.17) is 4.74 Å². The van der Waals surface area contributed by atoms with Gasteiger partial charge in [-0.3, -0.25) is 0 Å². The molecule has 1 aliphatic heterocycles. The van der Waals surface area contributed by atoms with Crippen molar-refractivity contribution in [2.45, 2.75) is 12.5 Å². The van der Waals surface area contributed by atoms with E-state index in [0.29, 0.717) is 11.8 Å². The minimum absolute atomic E-state index is 0.353. The largest absolute Gasteiger partial charge is 0.479 e. The molecule has 1 aliphatic rings. The highest BCUT2D eigenvalue weighted by molar-refractivity contribution is 5.83. The van der Waals surface area contributed by atoms with E-state index in [2.05, 4.69) is 82.6 Å². The number of ether oxygens (including phenoxy) is 1. The van der Waals surface area contributed by atoms with Gasteiger partial charge >= 0.3 is 0 Å². The van der Waals surface area contributed by atoms with Gasteiger partial charge in [0.05, 0.1) is 7.11 Å². The summed E-state index contributed by atoms with van der Waals surface area (Å²) < 4.78 is 5.41. The average molecular weight is 381 g/mol. The van der Waals surface area contributed by atoms with E-state index in [0.717, 1.165) is 24.3 Å². The second kappa shape index (κ2) is 7.30. The monoisotopic (exact) mass is 381 g/mol. The van der Waals surface area contributed by atoms with E-state index in [-0.39, 0.29) is 0 Å². The van der Waals surface area contributed by atoms with Crippen LogP contribution in [0, 0.1) is 0 Å². The highest BCUT2D eigenvalue weighted by Crippen LogP contribution is 2.37. The predicted octanol–water partition coefficient (Wildman–Crippen LogP) is 4.88. The van der Waals surface area contributed by atoms with Crippen LogP contribution >= 0.6 is 0 Å². The highest BCUT2D eigenvalue weighted by Gasteiger charge is 2.25. The van der Waals surface area contributed by atoms with Crippen molar-refractivity contribution in [3.05, 3.63) is 89.7 Å². The fraction of sp³-hybridized carbons (Fsp3) is 0.200. The van der Waals surface area contributed by atoms with Crippen LogP contribution < -0.4 is 4.74 Å². The molecule has 1 aromatic heterocycles. The van der Waals surface area contributed by atoms with Gasteiger partial charge in [-0.1, -0.05) is 54.6 Å². The Morgan fingerprint density at radius 3 is 2.62 bits per heavy atom. The van der Waals surface area contributed by atoms with Gasteiger partial charge in [0.25, 0.3) is 0 Å². The molecule has 4 heteroatoms. The number of benzene rings is 3. The molecule has 0 spiro atoms. The molecule has 0 fully saturated rings. The van der Waals surface area contributed by atoms with Crippen molar-refractivity contribution in [3.63, 3.8) is 0 Å². The van der Waals surface area contributed by atoms with Crippen molar-refractivity contribution in [1.82, 2.24) is 14.9 Å². The molecular formula is C25H23N3O. The number of nitrogens with zero attached hydrogens (tertiary/aromatic N) is 3. The number of likely N-dealkylation sites (N-methyl/N-ethyl adjacent to an activating group) is 1. The van der Waals surface area contributed by atoms with Crippen molar-refractivity contribution in [1.29, 1.82) is 0 Å². The van der Waals surface area contributed by atoms with Crippen molar-refractivity contribution in [2.24, 2.45) is 0 Å². The predicted molar refractivity (Wildman–Crippen MR) is 116 cm³/mol. The van der Waals surface area contributed by atoms with E-state index in [1.165, 1.54) is 27.5 Å². The summed E-state index contributed by atoms with van der Waals surface area (Å²) in [7, 11) is 3.82. The Labute approximate surface area is 170 Å². The lowest BCUT2D eigenvalue weighted by molar-refractivity contribution is 0.295. The van der Waals surface area contributed by atoms with Crippen LogP contribution in [0.3, 0.4) is 0 Å². The molecule has 4 nitrogen and oxygen atoms in total. The van der Waals surface area contributed by atoms with Gasteiger partial charge in [-0.2, -0.15) is 0 Å². The number of rotatable bonds is 3. The molecule has 3 aromatic carbocycles. The van der Waals surface area contributed by atoms with Gasteiger partial charge in [-0.25, -0.2) is 9.97 Å². The molecule has 2 heterocycles. The van der Waals surface area contributed by atoms with Gasteiger partial charge in [0.2, 0.25) is 5.88 Å². The molecule has 0 saturated carbocycles. The van der Waals surface area contributed by atoms with E-state index >= 15 is 0 Å². The van der Waals surface area contributed by atoms with Crippen LogP contribution in [-0.4, -0.2) is 35.6 Å². The Balaban J connectivity index is 1.59. The summed E-state index contributed by atoms with van der Waals surface area (Å²) in [6, 6.07) is 22.0. The second-order valence-corrected chi connectivity index (χ2v) is 7.68. The number of methoxy groups -OCH3 is 1. The van der Waals surface area contributed by atoms with Crippen LogP contribution in [0.25, 0.3) is 22.0 Å². The molecule has 0 saturated heterocycles. The van der Waals surface area contributed by atoms with Gasteiger partial charge in [0.15, 0.2) is 0 Å². The van der Waals surface area contributed by atoms with Crippen molar-refractivity contribution < 1.29 is 4.74 Å². The zero-order chi connectivity index (χ0) is 19.8. The van der Waals surface area contributed by atoms with Gasteiger partial charge < -0.3 is 9.64 Å². The smallest absolute Gasteiger partial charge is 0.240 e. The average Bonchev–Trinajstić information content (AvgIpc) is 2.77. The minimum atomic E-state index is 0.353. The first-order chi connectivity index (χ1) is 14.2. The standard InChI is InChI=1S/C25H23N3O/c1-28-15-21-14-20(24-25(29-2)27-12-11-26-24)9-10-22(21)23(16-28)19-8-7-17-5-3-4-6-18(17)13-19/h3-14,23H,15-16H2,1-2H3. The number of hydrogen-bond donors (Lipinski definition) is 0. The molecule has 29 heavy (non-hydrogen) atoms. The third-order valence-corrected chi connectivity index (χ3v) is 5.76. The van der Waals surface area contributed by atoms with Crippen LogP contribution in [-0.2, 0) is 6.54 Å². The topological polar surface area (TPSA) is 38.3 Å². The lowest BCUT2D eigenvalue weighted by atomic mass is 9.83. The zero-order valence-corrected chi connectivity index (χ0v) is 16.7. The number of hydrogen-bond acceptors (Lipinski definition) is 4. The third-order valence-electron chi connectivity index (χ3n) is 5.76. The molecule has 1 unspecified atom stereocenters. The SMILES string of the molecule is COc1nccnc1-c1ccc2c(c1)CN(C)CC2c1ccc2ccccc2c1. The summed E-state index contributed by atoms with van der Waals surface area (Å²) >= 11 is 0. The number of aromatic nitrogens is 2. The Bertz CT molecular complexity index is 1190. The first kappa shape index (κ1) is 17.8. The first-order valence-electron chi connectivity index (χ1n) is 9.88. The molecule has 0 radical (unpaired) electrons. The van der Waals surface area contributed by atoms with Crippen LogP contribution in [0.5, 0.6) is 5.88 Å². The summed E-state index contributed by atoms with van der Waals surface area (Å²) in [5.74, 6) is 0.911. The van der Waals surface area contributed by atoms with Crippen LogP contribution in [0.2, 0.25) is 0 Å². The van der Waals surface area contributed by atoms with Crippen LogP contribution in [0.4, 0.5) is 0 Å². The van der Waals surface area contributed by atoms with E-state index in [9.17, 15) is 0 Å². The van der Waals surface area contributed by atoms with E-state index in [1.807, 2.05) is 0 Å². The van der Waals surface area contributed by atoms with Crippen LogP contribution in [0.1, 0.15) is 22.6 Å². The zero-order valence-electron chi connectivity index (χ0n) is 16.7. The first-order valence-corrected chi connectivity index (χ1v) is 9.88. The molecule has 0 bridgehead atoms. The Morgan fingerprint density at radius 2 is 1.76 bits per heavy atom. The van der Waals surface area contributed by atoms with Gasteiger partial charge in [0, 0.05) is 37.0 Å². The van der Waals surface area contributed by atoms with Crippen LogP contribution in [0.15, 0.2) is 73.1 Å². The maximum absolute atomic E-state index is 5.41. The molecule has 0 aliphatic carbocycles. The normalized spacial score (nSPS) is 16.6. The lowest BCUT2D eigenvalue weighted by Crippen LogP contribution is -2.31. The van der Waals surface area contributed by atoms with Crippen molar-refractivity contribution in [2.75, 3.05) is 20.7 Å². The molecule has 0 amide bonds. The van der Waals surface area contributed by atoms with Gasteiger partial charge in [-0.05, 0) is 40.6 Å². The Morgan fingerprint density at radius 1 is 0.931 bits per heavy atom. The van der Waals surface area contributed by atoms with Gasteiger partial charge in [-0.15, -0.1) is 0 Å². The fourth-order valence-corrected chi connectivity index (χ4v) is 4.38. The maximum atomic E-state index is 5.41. The summed E-state index contributed by atoms with van der Waals surface area (Å²) in [6.45, 7) is 1.94. The van der Waals surface area contributed by atoms with Gasteiger partial charge in [0.1, 0.15) is 5.69 Å². The fourth-order valence-electron chi connectivity index (χ4n) is 4.38. The molecular weight excluding hydrogens is 358 g/mol. The van der Waals surface area contributed by atoms with E-state index in [1.54, 1.807) is 19.5 Å². The third kappa shape index (κ3) is 3.26. The van der Waals surface area contributed by atoms with Crippen molar-refractivity contribution in [3.8, 4) is 17.1 Å². The Hall–Kier alpha value is -3.24. The van der Waals surface area contributed by atoms with Crippen molar-refractivity contribution >= 4 is 10.8 Å². The Kier molecular flexibility index (Phi) is 4.49. The molecule has 0 N–H and O–H groups in total. The maximum Gasteiger partial charge on any atom is 0.240 e. The number of fused-ring (bicyclic) bond motifs is 2. The second-order valence-electron chi connectivity index (χ2n) is 7.68. The summed E-state index contributed by atoms with van der Waals surface area (Å²) in [5, 5.41) is 2.58. The molecule has 5 rings (SSSR count). The molecule has 1 atom stereocenters. The van der Waals surface area contributed by atoms with E-state index < -0.39 is 0 Å². The summed E-state index contributed by atoms with van der Waals surface area (Å²) in [5.41, 5.74) is 5.92.